The molecule has 0 bridgehead atoms. The van der Waals surface area contributed by atoms with Crippen molar-refractivity contribution in [3.8, 4) is 34.3 Å². The van der Waals surface area contributed by atoms with Crippen LogP contribution in [0.2, 0.25) is 0 Å². The number of rotatable bonds is 8. The maximum absolute atomic E-state index is 13.6. The van der Waals surface area contributed by atoms with Crippen molar-refractivity contribution in [2.24, 2.45) is 0 Å². The molecule has 33 heavy (non-hydrogen) atoms. The van der Waals surface area contributed by atoms with Gasteiger partial charge in [0.1, 0.15) is 23.4 Å². The molecular weight excluding hydrogens is 423 g/mol. The summed E-state index contributed by atoms with van der Waals surface area (Å²) in [4.78, 5) is 23.9. The highest BCUT2D eigenvalue weighted by Crippen LogP contribution is 2.33. The van der Waals surface area contributed by atoms with Crippen molar-refractivity contribution in [3.63, 3.8) is 0 Å². The lowest BCUT2D eigenvalue weighted by Crippen LogP contribution is -2.30. The summed E-state index contributed by atoms with van der Waals surface area (Å²) < 4.78 is 26.6. The lowest BCUT2D eigenvalue weighted by Gasteiger charge is -2.27. The van der Waals surface area contributed by atoms with Crippen LogP contribution in [0.1, 0.15) is 26.9 Å². The molecule has 2 aromatic carbocycles. The van der Waals surface area contributed by atoms with Crippen molar-refractivity contribution >= 4 is 0 Å². The number of ether oxygens (including phenoxy) is 1. The Morgan fingerprint density at radius 1 is 1.06 bits per heavy atom. The molecule has 0 amide bonds. The molecule has 4 rings (SSSR count). The number of hydrogen-bond donors (Lipinski definition) is 0. The molecule has 8 heteroatoms. The van der Waals surface area contributed by atoms with Gasteiger partial charge in [0.15, 0.2) is 0 Å². The van der Waals surface area contributed by atoms with E-state index in [0.717, 1.165) is 13.1 Å². The summed E-state index contributed by atoms with van der Waals surface area (Å²) in [5, 5.41) is 0. The molecule has 4 aromatic rings. The van der Waals surface area contributed by atoms with Crippen LogP contribution < -0.4 is 10.4 Å². The summed E-state index contributed by atoms with van der Waals surface area (Å²) >= 11 is 0. The van der Waals surface area contributed by atoms with Gasteiger partial charge in [0, 0.05) is 6.20 Å². The number of halogens is 1. The van der Waals surface area contributed by atoms with Crippen molar-refractivity contribution in [3.05, 3.63) is 83.1 Å². The lowest BCUT2D eigenvalue weighted by atomic mass is 10.0. The summed E-state index contributed by atoms with van der Waals surface area (Å²) in [6.45, 7) is 7.56. The van der Waals surface area contributed by atoms with Crippen LogP contribution in [0.25, 0.3) is 22.5 Å². The maximum Gasteiger partial charge on any atom is 0.366 e. The zero-order valence-corrected chi connectivity index (χ0v) is 18.7. The predicted molar refractivity (Wildman–Crippen MR) is 124 cm³/mol. The quantitative estimate of drug-likeness (QED) is 0.361. The smallest absolute Gasteiger partial charge is 0.366 e. The minimum Gasteiger partial charge on any atom is -0.424 e. The first kappa shape index (κ1) is 22.4. The molecule has 1 atom stereocenters. The van der Waals surface area contributed by atoms with Crippen molar-refractivity contribution in [1.29, 1.82) is 0 Å². The van der Waals surface area contributed by atoms with E-state index in [1.807, 2.05) is 39.0 Å². The molecule has 0 spiro atoms. The van der Waals surface area contributed by atoms with E-state index in [0.29, 0.717) is 28.3 Å². The Morgan fingerprint density at radius 2 is 1.76 bits per heavy atom. The van der Waals surface area contributed by atoms with E-state index in [9.17, 15) is 9.18 Å². The zero-order chi connectivity index (χ0) is 23.4. The third-order valence-electron chi connectivity index (χ3n) is 5.48. The Balaban J connectivity index is 1.87. The van der Waals surface area contributed by atoms with Crippen LogP contribution >= 0.6 is 0 Å². The molecule has 2 aromatic heterocycles. The topological polar surface area (TPSA) is 73.4 Å². The van der Waals surface area contributed by atoms with E-state index in [1.165, 1.54) is 12.1 Å². The molecule has 0 saturated carbocycles. The summed E-state index contributed by atoms with van der Waals surface area (Å²) in [6, 6.07) is 16.8. The number of para-hydroxylation sites is 1. The van der Waals surface area contributed by atoms with Crippen LogP contribution in [0.3, 0.4) is 0 Å². The average Bonchev–Trinajstić information content (AvgIpc) is 3.18. The normalized spacial score (nSPS) is 12.2. The first-order valence-corrected chi connectivity index (χ1v) is 10.8. The number of benzene rings is 2. The molecule has 2 heterocycles. The largest absolute Gasteiger partial charge is 0.424 e. The van der Waals surface area contributed by atoms with Gasteiger partial charge in [0.2, 0.25) is 0 Å². The van der Waals surface area contributed by atoms with Crippen LogP contribution in [0, 0.1) is 5.82 Å². The van der Waals surface area contributed by atoms with Crippen LogP contribution in [-0.4, -0.2) is 32.7 Å². The van der Waals surface area contributed by atoms with Crippen LogP contribution in [-0.2, 0) is 0 Å². The van der Waals surface area contributed by atoms with Crippen molar-refractivity contribution in [1.82, 2.24) is 19.6 Å². The van der Waals surface area contributed by atoms with Crippen LogP contribution in [0.4, 0.5) is 4.39 Å². The van der Waals surface area contributed by atoms with E-state index in [2.05, 4.69) is 14.9 Å². The van der Waals surface area contributed by atoms with Crippen LogP contribution in [0.5, 0.6) is 11.8 Å². The molecule has 0 radical (unpaired) electrons. The van der Waals surface area contributed by atoms with E-state index in [-0.39, 0.29) is 18.0 Å². The first-order valence-electron chi connectivity index (χ1n) is 10.8. The fourth-order valence-corrected chi connectivity index (χ4v) is 3.78. The van der Waals surface area contributed by atoms with Gasteiger partial charge < -0.3 is 9.26 Å². The molecule has 0 N–H and O–H groups in total. The highest BCUT2D eigenvalue weighted by Gasteiger charge is 2.27. The molecule has 0 saturated heterocycles. The summed E-state index contributed by atoms with van der Waals surface area (Å²) in [5.74, 6) is 0.204. The molecule has 0 aliphatic rings. The highest BCUT2D eigenvalue weighted by molar-refractivity contribution is 5.78. The second-order valence-electron chi connectivity index (χ2n) is 7.43. The minimum absolute atomic E-state index is 0.138. The van der Waals surface area contributed by atoms with Gasteiger partial charge in [-0.25, -0.2) is 14.2 Å². The van der Waals surface area contributed by atoms with Crippen LogP contribution in [0.15, 0.2) is 76.2 Å². The highest BCUT2D eigenvalue weighted by atomic mass is 19.1. The van der Waals surface area contributed by atoms with Gasteiger partial charge in [-0.1, -0.05) is 44.2 Å². The molecular formula is C25H25FN4O3. The van der Waals surface area contributed by atoms with E-state index >= 15 is 0 Å². The number of aromatic nitrogens is 3. The molecule has 0 aliphatic carbocycles. The molecule has 0 aliphatic heterocycles. The second-order valence-corrected chi connectivity index (χ2v) is 7.43. The Kier molecular flexibility index (Phi) is 6.65. The fraction of sp³-hybridized carbons (Fsp3) is 0.240. The van der Waals surface area contributed by atoms with E-state index in [4.69, 9.17) is 9.26 Å². The van der Waals surface area contributed by atoms with Gasteiger partial charge in [-0.15, -0.1) is 0 Å². The molecule has 170 valence electrons. The third kappa shape index (κ3) is 4.70. The van der Waals surface area contributed by atoms with Gasteiger partial charge in [-0.3, -0.25) is 4.90 Å². The Bertz CT molecular complexity index is 1270. The Hall–Kier alpha value is -3.78. The fourth-order valence-electron chi connectivity index (χ4n) is 3.78. The van der Waals surface area contributed by atoms with Gasteiger partial charge >= 0.3 is 11.6 Å². The maximum atomic E-state index is 13.6. The van der Waals surface area contributed by atoms with Gasteiger partial charge in [-0.05, 0) is 55.9 Å². The van der Waals surface area contributed by atoms with E-state index in [1.54, 1.807) is 41.3 Å². The van der Waals surface area contributed by atoms with Gasteiger partial charge in [-0.2, -0.15) is 9.72 Å². The third-order valence-corrected chi connectivity index (χ3v) is 5.48. The summed E-state index contributed by atoms with van der Waals surface area (Å²) in [7, 11) is 0. The Morgan fingerprint density at radius 3 is 2.42 bits per heavy atom. The molecule has 1 unspecified atom stereocenters. The second kappa shape index (κ2) is 9.79. The predicted octanol–water partition coefficient (Wildman–Crippen LogP) is 5.36. The SMILES string of the molecule is CCN(CC)C(C)n1oc(=O)c(-c2ccc(F)cc2)c1-c1ccnc(Oc2ccccc2)n1. The lowest BCUT2D eigenvalue weighted by molar-refractivity contribution is 0.0823. The van der Waals surface area contributed by atoms with Crippen molar-refractivity contribution < 1.29 is 13.7 Å². The Labute approximate surface area is 191 Å². The van der Waals surface area contributed by atoms with E-state index < -0.39 is 5.63 Å². The summed E-state index contributed by atoms with van der Waals surface area (Å²) in [5.41, 5.74) is 1.25. The van der Waals surface area contributed by atoms with Crippen molar-refractivity contribution in [2.75, 3.05) is 13.1 Å². The standard InChI is InChI=1S/C25H25FN4O3/c1-4-29(5-2)17(3)30-23(22(24(31)33-30)18-11-13-19(26)14-12-18)21-15-16-27-25(28-21)32-20-9-7-6-8-10-20/h6-17H,4-5H2,1-3H3. The average molecular weight is 448 g/mol. The first-order chi connectivity index (χ1) is 16.0. The monoisotopic (exact) mass is 448 g/mol. The number of hydrogen-bond acceptors (Lipinski definition) is 6. The molecule has 0 fully saturated rings. The molecule has 7 nitrogen and oxygen atoms in total. The van der Waals surface area contributed by atoms with Crippen molar-refractivity contribution in [2.45, 2.75) is 26.9 Å². The van der Waals surface area contributed by atoms with Gasteiger partial charge in [0.05, 0.1) is 11.3 Å². The number of nitrogens with zero attached hydrogens (tertiary/aromatic N) is 4. The van der Waals surface area contributed by atoms with Gasteiger partial charge in [0.25, 0.3) is 0 Å². The zero-order valence-electron chi connectivity index (χ0n) is 18.7. The summed E-state index contributed by atoms with van der Waals surface area (Å²) in [6.07, 6.45) is 1.31. The minimum atomic E-state index is -0.528.